The number of halogens is 1. The van der Waals surface area contributed by atoms with Gasteiger partial charge < -0.3 is 20.3 Å². The summed E-state index contributed by atoms with van der Waals surface area (Å²) in [5.74, 6) is 1.73. The van der Waals surface area contributed by atoms with Crippen molar-refractivity contribution in [3.8, 4) is 0 Å². The molecule has 0 heterocycles. The van der Waals surface area contributed by atoms with E-state index in [4.69, 9.17) is 4.74 Å². The SMILES string of the molecule is CCNC(=NCCOCC1CC1)NCCC(=O)N(CC)CC.I. The number of hydrogen-bond donors (Lipinski definition) is 2. The molecule has 7 heteroatoms. The number of amides is 1. The highest BCUT2D eigenvalue weighted by Crippen LogP contribution is 2.28. The molecular formula is C16H33IN4O2. The maximum absolute atomic E-state index is 11.9. The van der Waals surface area contributed by atoms with Gasteiger partial charge in [0.05, 0.1) is 13.2 Å². The number of aliphatic imine (C=N–C) groups is 1. The van der Waals surface area contributed by atoms with Crippen LogP contribution in [0.2, 0.25) is 0 Å². The Hall–Kier alpha value is -0.570. The van der Waals surface area contributed by atoms with Crippen molar-refractivity contribution >= 4 is 35.8 Å². The third-order valence-electron chi connectivity index (χ3n) is 3.65. The third kappa shape index (κ3) is 10.8. The predicted octanol–water partition coefficient (Wildman–Crippen LogP) is 1.84. The first-order valence-electron chi connectivity index (χ1n) is 8.58. The molecule has 6 nitrogen and oxygen atoms in total. The van der Waals surface area contributed by atoms with Gasteiger partial charge in [0.1, 0.15) is 0 Å². The second-order valence-electron chi connectivity index (χ2n) is 5.52. The maximum atomic E-state index is 11.9. The fourth-order valence-electron chi connectivity index (χ4n) is 2.12. The van der Waals surface area contributed by atoms with E-state index >= 15 is 0 Å². The van der Waals surface area contributed by atoms with Crippen molar-refractivity contribution in [3.63, 3.8) is 0 Å². The first-order chi connectivity index (χ1) is 10.7. The van der Waals surface area contributed by atoms with Crippen LogP contribution < -0.4 is 10.6 Å². The number of carbonyl (C=O) groups excluding carboxylic acids is 1. The van der Waals surface area contributed by atoms with E-state index in [1.165, 1.54) is 12.8 Å². The van der Waals surface area contributed by atoms with E-state index in [1.807, 2.05) is 25.7 Å². The zero-order valence-electron chi connectivity index (χ0n) is 14.8. The van der Waals surface area contributed by atoms with Crippen LogP contribution in [-0.2, 0) is 9.53 Å². The average Bonchev–Trinajstić information content (AvgIpc) is 3.32. The molecule has 1 saturated carbocycles. The largest absolute Gasteiger partial charge is 0.379 e. The summed E-state index contributed by atoms with van der Waals surface area (Å²) < 4.78 is 5.57. The maximum Gasteiger partial charge on any atom is 0.224 e. The van der Waals surface area contributed by atoms with Gasteiger partial charge in [-0.2, -0.15) is 0 Å². The highest BCUT2D eigenvalue weighted by atomic mass is 127. The lowest BCUT2D eigenvalue weighted by Gasteiger charge is -2.19. The molecule has 23 heavy (non-hydrogen) atoms. The molecule has 1 aliphatic rings. The van der Waals surface area contributed by atoms with E-state index in [2.05, 4.69) is 15.6 Å². The highest BCUT2D eigenvalue weighted by molar-refractivity contribution is 14.0. The van der Waals surface area contributed by atoms with E-state index in [0.717, 1.165) is 38.1 Å². The second-order valence-corrected chi connectivity index (χ2v) is 5.52. The van der Waals surface area contributed by atoms with Gasteiger partial charge >= 0.3 is 0 Å². The zero-order valence-corrected chi connectivity index (χ0v) is 17.1. The van der Waals surface area contributed by atoms with Gasteiger partial charge in [0.15, 0.2) is 5.96 Å². The van der Waals surface area contributed by atoms with Crippen molar-refractivity contribution in [1.29, 1.82) is 0 Å². The van der Waals surface area contributed by atoms with Crippen LogP contribution >= 0.6 is 24.0 Å². The molecule has 1 aliphatic carbocycles. The summed E-state index contributed by atoms with van der Waals surface area (Å²) in [5, 5.41) is 6.39. The lowest BCUT2D eigenvalue weighted by atomic mass is 10.3. The molecule has 0 aromatic heterocycles. The van der Waals surface area contributed by atoms with E-state index in [-0.39, 0.29) is 29.9 Å². The van der Waals surface area contributed by atoms with Crippen LogP contribution in [0, 0.1) is 5.92 Å². The monoisotopic (exact) mass is 440 g/mol. The minimum atomic E-state index is 0. The Morgan fingerprint density at radius 2 is 1.91 bits per heavy atom. The molecule has 0 spiro atoms. The topological polar surface area (TPSA) is 66.0 Å². The second kappa shape index (κ2) is 13.8. The Bertz CT molecular complexity index is 345. The quantitative estimate of drug-likeness (QED) is 0.223. The van der Waals surface area contributed by atoms with Crippen LogP contribution in [0.15, 0.2) is 4.99 Å². The number of hydrogen-bond acceptors (Lipinski definition) is 3. The summed E-state index contributed by atoms with van der Waals surface area (Å²) >= 11 is 0. The number of guanidine groups is 1. The molecule has 0 aromatic carbocycles. The number of nitrogens with zero attached hydrogens (tertiary/aromatic N) is 2. The molecule has 1 amide bonds. The van der Waals surface area contributed by atoms with E-state index < -0.39 is 0 Å². The van der Waals surface area contributed by atoms with Gasteiger partial charge in [0.2, 0.25) is 5.91 Å². The summed E-state index contributed by atoms with van der Waals surface area (Å²) in [6, 6.07) is 0. The van der Waals surface area contributed by atoms with Crippen LogP contribution in [0.4, 0.5) is 0 Å². The molecule has 1 rings (SSSR count). The first kappa shape index (κ1) is 22.4. The van der Waals surface area contributed by atoms with Crippen molar-refractivity contribution in [1.82, 2.24) is 15.5 Å². The summed E-state index contributed by atoms with van der Waals surface area (Å²) in [7, 11) is 0. The molecule has 0 saturated heterocycles. The van der Waals surface area contributed by atoms with Crippen molar-refractivity contribution in [2.45, 2.75) is 40.0 Å². The van der Waals surface area contributed by atoms with Gasteiger partial charge in [-0.25, -0.2) is 0 Å². The third-order valence-corrected chi connectivity index (χ3v) is 3.65. The molecular weight excluding hydrogens is 407 g/mol. The number of nitrogens with one attached hydrogen (secondary N) is 2. The van der Waals surface area contributed by atoms with Gasteiger partial charge in [-0.15, -0.1) is 24.0 Å². The Labute approximate surface area is 157 Å². The molecule has 0 radical (unpaired) electrons. The Balaban J connectivity index is 0.00000484. The molecule has 1 fully saturated rings. The summed E-state index contributed by atoms with van der Waals surface area (Å²) in [6.45, 7) is 11.1. The first-order valence-corrected chi connectivity index (χ1v) is 8.58. The number of carbonyl (C=O) groups is 1. The van der Waals surface area contributed by atoms with Gasteiger partial charge in [0.25, 0.3) is 0 Å². The van der Waals surface area contributed by atoms with E-state index in [0.29, 0.717) is 26.1 Å². The smallest absolute Gasteiger partial charge is 0.224 e. The fraction of sp³-hybridized carbons (Fsp3) is 0.875. The fourth-order valence-corrected chi connectivity index (χ4v) is 2.12. The summed E-state index contributed by atoms with van der Waals surface area (Å²) in [5.41, 5.74) is 0. The van der Waals surface area contributed by atoms with Gasteiger partial charge in [-0.05, 0) is 39.5 Å². The Kier molecular flexibility index (Phi) is 13.5. The lowest BCUT2D eigenvalue weighted by molar-refractivity contribution is -0.130. The van der Waals surface area contributed by atoms with Crippen LogP contribution in [0.5, 0.6) is 0 Å². The molecule has 0 atom stereocenters. The normalized spacial score (nSPS) is 14.1. The standard InChI is InChI=1S/C16H32N4O2.HI/c1-4-17-16(19-11-12-22-13-14-7-8-14)18-10-9-15(21)20(5-2)6-3;/h14H,4-13H2,1-3H3,(H2,17,18,19);1H. The number of rotatable bonds is 11. The van der Waals surface area contributed by atoms with Gasteiger partial charge in [-0.1, -0.05) is 0 Å². The summed E-state index contributed by atoms with van der Waals surface area (Å²) in [6.07, 6.45) is 3.12. The summed E-state index contributed by atoms with van der Waals surface area (Å²) in [4.78, 5) is 18.2. The van der Waals surface area contributed by atoms with Crippen molar-refractivity contribution in [3.05, 3.63) is 0 Å². The molecule has 0 aromatic rings. The van der Waals surface area contributed by atoms with Crippen molar-refractivity contribution in [2.24, 2.45) is 10.9 Å². The van der Waals surface area contributed by atoms with Crippen LogP contribution in [-0.4, -0.2) is 62.7 Å². The van der Waals surface area contributed by atoms with Crippen LogP contribution in [0.25, 0.3) is 0 Å². The van der Waals surface area contributed by atoms with E-state index in [1.54, 1.807) is 0 Å². The van der Waals surface area contributed by atoms with E-state index in [9.17, 15) is 4.79 Å². The van der Waals surface area contributed by atoms with Crippen molar-refractivity contribution in [2.75, 3.05) is 45.9 Å². The molecule has 136 valence electrons. The van der Waals surface area contributed by atoms with Crippen molar-refractivity contribution < 1.29 is 9.53 Å². The molecule has 2 N–H and O–H groups in total. The minimum absolute atomic E-state index is 0. The minimum Gasteiger partial charge on any atom is -0.379 e. The molecule has 0 bridgehead atoms. The highest BCUT2D eigenvalue weighted by Gasteiger charge is 2.20. The number of ether oxygens (including phenoxy) is 1. The average molecular weight is 440 g/mol. The van der Waals surface area contributed by atoms with Gasteiger partial charge in [-0.3, -0.25) is 9.79 Å². The Morgan fingerprint density at radius 1 is 1.22 bits per heavy atom. The zero-order chi connectivity index (χ0) is 16.2. The molecule has 0 unspecified atom stereocenters. The molecule has 0 aliphatic heterocycles. The predicted molar refractivity (Wildman–Crippen MR) is 105 cm³/mol. The van der Waals surface area contributed by atoms with Gasteiger partial charge in [0, 0.05) is 39.2 Å². The van der Waals surface area contributed by atoms with Crippen LogP contribution in [0.1, 0.15) is 40.0 Å². The van der Waals surface area contributed by atoms with Crippen LogP contribution in [0.3, 0.4) is 0 Å². The Morgan fingerprint density at radius 3 is 2.48 bits per heavy atom. The lowest BCUT2D eigenvalue weighted by Crippen LogP contribution is -2.40.